The standard InChI is InChI=1S/C18H23N5O3/c1-10-4-3-5-13(19)16-20-9-15(22-16)12-7-6-11(21-18(25)26-2)8-14(12)23-17(10)24/h6-10,13H,3-5,19H2,1-2H3,(H,20,22)(H,21,25)(H,23,24)/t10-,13+/m1/s1. The molecule has 1 aliphatic heterocycles. The highest BCUT2D eigenvalue weighted by Crippen LogP contribution is 2.32. The molecule has 2 bridgehead atoms. The number of rotatable bonds is 1. The number of ether oxygens (including phenoxy) is 1. The molecule has 0 radical (unpaired) electrons. The third-order valence-corrected chi connectivity index (χ3v) is 4.55. The number of fused-ring (bicyclic) bond motifs is 4. The van der Waals surface area contributed by atoms with E-state index in [1.54, 1.807) is 24.4 Å². The van der Waals surface area contributed by atoms with Gasteiger partial charge >= 0.3 is 6.09 Å². The summed E-state index contributed by atoms with van der Waals surface area (Å²) in [6, 6.07) is 5.04. The van der Waals surface area contributed by atoms with Gasteiger partial charge in [0.25, 0.3) is 0 Å². The molecule has 5 N–H and O–H groups in total. The second-order valence-electron chi connectivity index (χ2n) is 6.49. The van der Waals surface area contributed by atoms with Crippen molar-refractivity contribution in [2.24, 2.45) is 11.7 Å². The number of aromatic amines is 1. The van der Waals surface area contributed by atoms with Crippen molar-refractivity contribution in [3.8, 4) is 11.3 Å². The summed E-state index contributed by atoms with van der Waals surface area (Å²) in [6.07, 6.45) is 3.46. The van der Waals surface area contributed by atoms with Crippen molar-refractivity contribution in [1.82, 2.24) is 9.97 Å². The minimum Gasteiger partial charge on any atom is -0.453 e. The number of aromatic nitrogens is 2. The first-order valence-corrected chi connectivity index (χ1v) is 8.58. The number of amides is 2. The third-order valence-electron chi connectivity index (χ3n) is 4.55. The Morgan fingerprint density at radius 3 is 2.96 bits per heavy atom. The molecule has 1 aromatic carbocycles. The Bertz CT molecular complexity index is 817. The maximum absolute atomic E-state index is 12.5. The van der Waals surface area contributed by atoms with Crippen molar-refractivity contribution >= 4 is 23.4 Å². The summed E-state index contributed by atoms with van der Waals surface area (Å²) in [6.45, 7) is 1.90. The summed E-state index contributed by atoms with van der Waals surface area (Å²) in [5.74, 6) is 0.505. The maximum atomic E-state index is 12.5. The first-order chi connectivity index (χ1) is 12.5. The maximum Gasteiger partial charge on any atom is 0.411 e. The molecule has 2 atom stereocenters. The first kappa shape index (κ1) is 17.9. The van der Waals surface area contributed by atoms with Gasteiger partial charge in [0.2, 0.25) is 5.91 Å². The highest BCUT2D eigenvalue weighted by Gasteiger charge is 2.20. The number of nitrogens with one attached hydrogen (secondary N) is 3. The Kier molecular flexibility index (Phi) is 5.22. The molecule has 8 nitrogen and oxygen atoms in total. The third kappa shape index (κ3) is 3.85. The average molecular weight is 357 g/mol. The fourth-order valence-electron chi connectivity index (χ4n) is 2.96. The summed E-state index contributed by atoms with van der Waals surface area (Å²) in [5.41, 5.74) is 8.83. The van der Waals surface area contributed by atoms with E-state index in [1.165, 1.54) is 7.11 Å². The smallest absolute Gasteiger partial charge is 0.411 e. The summed E-state index contributed by atoms with van der Waals surface area (Å²) in [7, 11) is 1.29. The Balaban J connectivity index is 2.03. The molecule has 0 fully saturated rings. The van der Waals surface area contributed by atoms with E-state index in [0.29, 0.717) is 11.4 Å². The van der Waals surface area contributed by atoms with E-state index in [0.717, 1.165) is 36.3 Å². The van der Waals surface area contributed by atoms with Crippen LogP contribution in [0.4, 0.5) is 16.2 Å². The molecule has 1 aliphatic rings. The van der Waals surface area contributed by atoms with Crippen LogP contribution in [0.2, 0.25) is 0 Å². The van der Waals surface area contributed by atoms with Gasteiger partial charge in [-0.1, -0.05) is 13.3 Å². The van der Waals surface area contributed by atoms with Gasteiger partial charge in [-0.15, -0.1) is 0 Å². The molecule has 0 spiro atoms. The van der Waals surface area contributed by atoms with Crippen molar-refractivity contribution in [3.05, 3.63) is 30.2 Å². The van der Waals surface area contributed by atoms with E-state index >= 15 is 0 Å². The van der Waals surface area contributed by atoms with Gasteiger partial charge < -0.3 is 20.8 Å². The monoisotopic (exact) mass is 357 g/mol. The number of anilines is 2. The average Bonchev–Trinajstić information content (AvgIpc) is 3.10. The molecule has 138 valence electrons. The summed E-state index contributed by atoms with van der Waals surface area (Å²) in [4.78, 5) is 31.6. The van der Waals surface area contributed by atoms with Crippen LogP contribution in [0.5, 0.6) is 0 Å². The second-order valence-corrected chi connectivity index (χ2v) is 6.49. The number of hydrogen-bond acceptors (Lipinski definition) is 5. The van der Waals surface area contributed by atoms with Gasteiger partial charge in [0.05, 0.1) is 30.7 Å². The zero-order valence-electron chi connectivity index (χ0n) is 14.8. The molecule has 26 heavy (non-hydrogen) atoms. The van der Waals surface area contributed by atoms with E-state index in [-0.39, 0.29) is 17.9 Å². The predicted octanol–water partition coefficient (Wildman–Crippen LogP) is 3.01. The Labute approximate surface area is 151 Å². The minimum absolute atomic E-state index is 0.0737. The topological polar surface area (TPSA) is 122 Å². The van der Waals surface area contributed by atoms with Crippen LogP contribution in [-0.2, 0) is 9.53 Å². The SMILES string of the molecule is COC(=O)Nc1ccc2c(c1)NC(=O)[C@H](C)CCC[C@H](N)c1ncc-2[nH]1. The molecule has 0 saturated carbocycles. The Morgan fingerprint density at radius 1 is 1.38 bits per heavy atom. The molecule has 3 rings (SSSR count). The van der Waals surface area contributed by atoms with Crippen LogP contribution < -0.4 is 16.4 Å². The molecular formula is C18H23N5O3. The second kappa shape index (κ2) is 7.57. The molecule has 1 aromatic heterocycles. The van der Waals surface area contributed by atoms with E-state index in [4.69, 9.17) is 5.73 Å². The number of hydrogen-bond donors (Lipinski definition) is 4. The van der Waals surface area contributed by atoms with Gasteiger partial charge in [0, 0.05) is 17.2 Å². The molecule has 0 unspecified atom stereocenters. The number of carbonyl (C=O) groups is 2. The van der Waals surface area contributed by atoms with Crippen LogP contribution in [0.3, 0.4) is 0 Å². The van der Waals surface area contributed by atoms with Gasteiger partial charge in [-0.25, -0.2) is 9.78 Å². The van der Waals surface area contributed by atoms with Crippen LogP contribution in [0.15, 0.2) is 24.4 Å². The van der Waals surface area contributed by atoms with Crippen molar-refractivity contribution in [2.45, 2.75) is 32.2 Å². The fourth-order valence-corrected chi connectivity index (χ4v) is 2.96. The van der Waals surface area contributed by atoms with Crippen LogP contribution in [-0.4, -0.2) is 29.1 Å². The number of methoxy groups -OCH3 is 1. The van der Waals surface area contributed by atoms with Crippen LogP contribution >= 0.6 is 0 Å². The Morgan fingerprint density at radius 2 is 2.19 bits per heavy atom. The van der Waals surface area contributed by atoms with Crippen LogP contribution in [0, 0.1) is 5.92 Å². The summed E-state index contributed by atoms with van der Waals surface area (Å²) < 4.78 is 4.62. The van der Waals surface area contributed by atoms with Gasteiger partial charge in [0.1, 0.15) is 5.82 Å². The van der Waals surface area contributed by atoms with E-state index in [1.807, 2.05) is 6.92 Å². The molecule has 0 saturated heterocycles. The number of nitrogens with two attached hydrogens (primary N) is 1. The number of carbonyl (C=O) groups excluding carboxylic acids is 2. The number of benzene rings is 1. The normalized spacial score (nSPS) is 20.2. The largest absolute Gasteiger partial charge is 0.453 e. The van der Waals surface area contributed by atoms with Gasteiger partial charge in [-0.3, -0.25) is 10.1 Å². The van der Waals surface area contributed by atoms with Crippen molar-refractivity contribution in [3.63, 3.8) is 0 Å². The molecule has 2 aromatic rings. The Hall–Kier alpha value is -2.87. The van der Waals surface area contributed by atoms with Crippen molar-refractivity contribution in [2.75, 3.05) is 17.7 Å². The molecule has 2 amide bonds. The lowest BCUT2D eigenvalue weighted by Crippen LogP contribution is -2.22. The number of imidazole rings is 1. The highest BCUT2D eigenvalue weighted by molar-refractivity contribution is 5.98. The van der Waals surface area contributed by atoms with Gasteiger partial charge in [-0.2, -0.15) is 0 Å². The lowest BCUT2D eigenvalue weighted by Gasteiger charge is -2.17. The van der Waals surface area contributed by atoms with E-state index < -0.39 is 6.09 Å². The number of nitrogens with zero attached hydrogens (tertiary/aromatic N) is 1. The lowest BCUT2D eigenvalue weighted by atomic mass is 9.99. The summed E-state index contributed by atoms with van der Waals surface area (Å²) >= 11 is 0. The molecule has 2 heterocycles. The van der Waals surface area contributed by atoms with Gasteiger partial charge in [-0.05, 0) is 31.0 Å². The molecular weight excluding hydrogens is 334 g/mol. The zero-order chi connectivity index (χ0) is 18.7. The van der Waals surface area contributed by atoms with Crippen LogP contribution in [0.25, 0.3) is 11.3 Å². The van der Waals surface area contributed by atoms with Crippen molar-refractivity contribution in [1.29, 1.82) is 0 Å². The summed E-state index contributed by atoms with van der Waals surface area (Å²) in [5, 5.41) is 5.56. The predicted molar refractivity (Wildman–Crippen MR) is 98.6 cm³/mol. The zero-order valence-corrected chi connectivity index (χ0v) is 14.8. The highest BCUT2D eigenvalue weighted by atomic mass is 16.5. The van der Waals surface area contributed by atoms with E-state index in [9.17, 15) is 9.59 Å². The fraction of sp³-hybridized carbons (Fsp3) is 0.389. The molecule has 8 heteroatoms. The first-order valence-electron chi connectivity index (χ1n) is 8.58. The van der Waals surface area contributed by atoms with Crippen LogP contribution in [0.1, 0.15) is 38.1 Å². The van der Waals surface area contributed by atoms with E-state index in [2.05, 4.69) is 25.3 Å². The van der Waals surface area contributed by atoms with Crippen molar-refractivity contribution < 1.29 is 14.3 Å². The number of H-pyrrole nitrogens is 1. The minimum atomic E-state index is -0.576. The van der Waals surface area contributed by atoms with Gasteiger partial charge in [0.15, 0.2) is 0 Å². The quantitative estimate of drug-likeness (QED) is 0.625. The molecule has 0 aliphatic carbocycles. The lowest BCUT2D eigenvalue weighted by molar-refractivity contribution is -0.119.